The monoisotopic (exact) mass is 515 g/mol. The summed E-state index contributed by atoms with van der Waals surface area (Å²) in [4.78, 5) is 40.7. The van der Waals surface area contributed by atoms with Crippen LogP contribution in [0.15, 0.2) is 34.7 Å². The maximum atomic E-state index is 13.5. The van der Waals surface area contributed by atoms with Crippen LogP contribution in [0.5, 0.6) is 0 Å². The molecule has 9 heteroatoms. The number of aliphatic hydroxyl groups excluding tert-OH is 1. The Hall–Kier alpha value is -3.01. The number of hydrogen-bond acceptors (Lipinski definition) is 8. The van der Waals surface area contributed by atoms with Crippen molar-refractivity contribution in [1.29, 1.82) is 0 Å². The molecule has 1 aliphatic heterocycles. The van der Waals surface area contributed by atoms with Crippen LogP contribution in [0.2, 0.25) is 0 Å². The minimum absolute atomic E-state index is 0.0316. The van der Waals surface area contributed by atoms with E-state index in [4.69, 9.17) is 23.7 Å². The summed E-state index contributed by atoms with van der Waals surface area (Å²) in [5.74, 6) is -1.02. The number of furan rings is 1. The molecule has 0 unspecified atom stereocenters. The average molecular weight is 516 g/mol. The first-order chi connectivity index (χ1) is 17.5. The zero-order valence-electron chi connectivity index (χ0n) is 22.4. The zero-order valence-corrected chi connectivity index (χ0v) is 22.4. The third kappa shape index (κ3) is 6.29. The number of carbonyl (C=O) groups excluding carboxylic acids is 3. The van der Waals surface area contributed by atoms with Crippen molar-refractivity contribution in [3.8, 4) is 11.1 Å². The molecular formula is C28H37NO8. The summed E-state index contributed by atoms with van der Waals surface area (Å²) in [5, 5.41) is 8.90. The second-order valence-corrected chi connectivity index (χ2v) is 10.1. The van der Waals surface area contributed by atoms with E-state index in [1.165, 1.54) is 7.11 Å². The largest absolute Gasteiger partial charge is 0.457 e. The maximum absolute atomic E-state index is 13.5. The average Bonchev–Trinajstić information content (AvgIpc) is 3.36. The summed E-state index contributed by atoms with van der Waals surface area (Å²) in [6.45, 7) is 9.83. The summed E-state index contributed by atoms with van der Waals surface area (Å²) in [7, 11) is 1.25. The van der Waals surface area contributed by atoms with Gasteiger partial charge in [0, 0.05) is 25.7 Å². The summed E-state index contributed by atoms with van der Waals surface area (Å²) < 4.78 is 22.1. The van der Waals surface area contributed by atoms with Gasteiger partial charge in [-0.1, -0.05) is 43.7 Å². The van der Waals surface area contributed by atoms with Crippen LogP contribution in [0, 0.1) is 12.8 Å². The van der Waals surface area contributed by atoms with Crippen LogP contribution in [0.25, 0.3) is 11.1 Å². The number of ether oxygens (including phenoxy) is 3. The van der Waals surface area contributed by atoms with E-state index >= 15 is 0 Å². The number of rotatable bonds is 12. The van der Waals surface area contributed by atoms with Crippen molar-refractivity contribution < 1.29 is 38.1 Å². The molecule has 1 aliphatic rings. The van der Waals surface area contributed by atoms with Gasteiger partial charge in [-0.25, -0.2) is 9.69 Å². The van der Waals surface area contributed by atoms with Crippen molar-refractivity contribution in [2.75, 3.05) is 26.9 Å². The number of aryl methyl sites for hydroxylation is 2. The Labute approximate surface area is 217 Å². The molecule has 202 valence electrons. The maximum Gasteiger partial charge on any atom is 0.417 e. The van der Waals surface area contributed by atoms with Gasteiger partial charge in [-0.05, 0) is 44.7 Å². The second-order valence-electron chi connectivity index (χ2n) is 10.1. The third-order valence-corrected chi connectivity index (χ3v) is 6.41. The third-order valence-electron chi connectivity index (χ3n) is 6.41. The molecule has 2 atom stereocenters. The number of nitrogens with zero attached hydrogens (tertiary/aromatic N) is 1. The number of aliphatic hydroxyl groups is 1. The lowest BCUT2D eigenvalue weighted by atomic mass is 9.88. The molecule has 37 heavy (non-hydrogen) atoms. The van der Waals surface area contributed by atoms with Gasteiger partial charge >= 0.3 is 6.09 Å². The molecule has 3 rings (SSSR count). The van der Waals surface area contributed by atoms with E-state index in [1.54, 1.807) is 19.9 Å². The molecule has 1 aromatic carbocycles. The van der Waals surface area contributed by atoms with Crippen molar-refractivity contribution in [2.45, 2.75) is 65.2 Å². The van der Waals surface area contributed by atoms with Crippen LogP contribution in [0.3, 0.4) is 0 Å². The predicted molar refractivity (Wildman–Crippen MR) is 136 cm³/mol. The highest BCUT2D eigenvalue weighted by Gasteiger charge is 2.54. The summed E-state index contributed by atoms with van der Waals surface area (Å²) in [5.41, 5.74) is 1.75. The van der Waals surface area contributed by atoms with E-state index in [2.05, 4.69) is 0 Å². The van der Waals surface area contributed by atoms with Crippen LogP contribution >= 0.6 is 0 Å². The van der Waals surface area contributed by atoms with Gasteiger partial charge in [0.1, 0.15) is 11.4 Å². The fraction of sp³-hybridized carbons (Fsp3) is 0.536. The quantitative estimate of drug-likeness (QED) is 0.254. The van der Waals surface area contributed by atoms with Gasteiger partial charge in [0.25, 0.3) is 5.91 Å². The van der Waals surface area contributed by atoms with Crippen LogP contribution in [0.4, 0.5) is 4.79 Å². The fourth-order valence-electron chi connectivity index (χ4n) is 4.96. The first-order valence-corrected chi connectivity index (χ1v) is 12.5. The lowest BCUT2D eigenvalue weighted by Crippen LogP contribution is -2.53. The summed E-state index contributed by atoms with van der Waals surface area (Å²) in [6, 6.07) is 8.85. The molecule has 9 nitrogen and oxygen atoms in total. The Morgan fingerprint density at radius 2 is 1.92 bits per heavy atom. The Kier molecular flexibility index (Phi) is 9.28. The van der Waals surface area contributed by atoms with Gasteiger partial charge < -0.3 is 23.7 Å². The molecule has 1 aromatic heterocycles. The number of cyclic esters (lactones) is 1. The number of benzene rings is 1. The highest BCUT2D eigenvalue weighted by molar-refractivity contribution is 6.14. The summed E-state index contributed by atoms with van der Waals surface area (Å²) >= 11 is 0. The highest BCUT2D eigenvalue weighted by Crippen LogP contribution is 2.35. The van der Waals surface area contributed by atoms with Gasteiger partial charge in [-0.2, -0.15) is 0 Å². The van der Waals surface area contributed by atoms with Crippen molar-refractivity contribution in [1.82, 2.24) is 4.90 Å². The molecule has 2 heterocycles. The fourth-order valence-corrected chi connectivity index (χ4v) is 4.96. The summed E-state index contributed by atoms with van der Waals surface area (Å²) in [6.07, 6.45) is -1.28. The van der Waals surface area contributed by atoms with Crippen molar-refractivity contribution in [3.05, 3.63) is 47.4 Å². The number of carbonyl (C=O) groups is 3. The van der Waals surface area contributed by atoms with Crippen molar-refractivity contribution in [3.63, 3.8) is 0 Å². The van der Waals surface area contributed by atoms with E-state index < -0.39 is 35.5 Å². The first kappa shape index (κ1) is 28.6. The van der Waals surface area contributed by atoms with Gasteiger partial charge in [-0.3, -0.25) is 9.59 Å². The van der Waals surface area contributed by atoms with Gasteiger partial charge in [-0.15, -0.1) is 0 Å². The standard InChI is InChI=1S/C28H37NO8/c1-17(2)25-28(4,5)37-27(33)29(25)26(32)24(34-6)23(31)22-16-20(19-10-7-9-18(3)15-19)21(36-22)11-8-13-35-14-12-30/h7,9-10,15-17,24-25,30H,8,11-14H2,1-6H3/t24-,25-/m0/s1. The van der Waals surface area contributed by atoms with E-state index in [0.29, 0.717) is 25.2 Å². The zero-order chi connectivity index (χ0) is 27.3. The van der Waals surface area contributed by atoms with Crippen molar-refractivity contribution in [2.24, 2.45) is 5.92 Å². The van der Waals surface area contributed by atoms with Crippen molar-refractivity contribution >= 4 is 17.8 Å². The molecule has 2 aromatic rings. The number of Topliss-reactive ketones (excluding diaryl/α,β-unsaturated/α-hetero) is 1. The molecule has 1 saturated heterocycles. The van der Waals surface area contributed by atoms with Crippen LogP contribution in [-0.2, 0) is 25.4 Å². The van der Waals surface area contributed by atoms with E-state index in [0.717, 1.165) is 21.6 Å². The SMILES string of the molecule is CO[C@@H](C(=O)c1cc(-c2cccc(C)c2)c(CCCOCCO)o1)C(=O)N1C(=O)OC(C)(C)[C@@H]1C(C)C. The van der Waals surface area contributed by atoms with Gasteiger partial charge in [0.05, 0.1) is 19.3 Å². The van der Waals surface area contributed by atoms with Crippen LogP contribution < -0.4 is 0 Å². The molecule has 2 amide bonds. The molecule has 0 spiro atoms. The predicted octanol–water partition coefficient (Wildman–Crippen LogP) is 4.18. The molecule has 0 bridgehead atoms. The number of imide groups is 1. The molecule has 0 aliphatic carbocycles. The van der Waals surface area contributed by atoms with E-state index in [1.807, 2.05) is 45.0 Å². The lowest BCUT2D eigenvalue weighted by Gasteiger charge is -2.31. The second kappa shape index (κ2) is 12.0. The topological polar surface area (TPSA) is 116 Å². The Morgan fingerprint density at radius 1 is 1.19 bits per heavy atom. The number of ketones is 1. The number of methoxy groups -OCH3 is 1. The normalized spacial score (nSPS) is 17.8. The first-order valence-electron chi connectivity index (χ1n) is 12.5. The molecular weight excluding hydrogens is 478 g/mol. The smallest absolute Gasteiger partial charge is 0.417 e. The molecule has 0 radical (unpaired) electrons. The Bertz CT molecular complexity index is 1120. The highest BCUT2D eigenvalue weighted by atomic mass is 16.6. The molecule has 1 N–H and O–H groups in total. The Balaban J connectivity index is 1.92. The minimum atomic E-state index is -1.57. The number of hydrogen-bond donors (Lipinski definition) is 1. The van der Waals surface area contributed by atoms with Crippen LogP contribution in [0.1, 0.15) is 56.0 Å². The lowest BCUT2D eigenvalue weighted by molar-refractivity contribution is -0.138. The van der Waals surface area contributed by atoms with Gasteiger partial charge in [0.2, 0.25) is 11.9 Å². The van der Waals surface area contributed by atoms with E-state index in [-0.39, 0.29) is 24.9 Å². The minimum Gasteiger partial charge on any atom is -0.457 e. The number of amides is 2. The van der Waals surface area contributed by atoms with Gasteiger partial charge in [0.15, 0.2) is 5.76 Å². The van der Waals surface area contributed by atoms with Crippen LogP contribution in [-0.4, -0.2) is 72.5 Å². The van der Waals surface area contributed by atoms with E-state index in [9.17, 15) is 14.4 Å². The molecule has 1 fully saturated rings. The molecule has 0 saturated carbocycles. The Morgan fingerprint density at radius 3 is 2.54 bits per heavy atom.